The van der Waals surface area contributed by atoms with E-state index in [1.807, 2.05) is 23.0 Å². The van der Waals surface area contributed by atoms with Gasteiger partial charge in [0, 0.05) is 44.8 Å². The molecule has 3 rings (SSSR count). The van der Waals surface area contributed by atoms with Crippen molar-refractivity contribution in [2.75, 3.05) is 33.3 Å². The largest absolute Gasteiger partial charge is 0.497 e. The van der Waals surface area contributed by atoms with Gasteiger partial charge >= 0.3 is 0 Å². The summed E-state index contributed by atoms with van der Waals surface area (Å²) in [5.41, 5.74) is 2.58. The van der Waals surface area contributed by atoms with Crippen molar-refractivity contribution in [1.29, 1.82) is 0 Å². The molecule has 0 bridgehead atoms. The second-order valence-corrected chi connectivity index (χ2v) is 7.07. The number of hydrogen-bond donors (Lipinski definition) is 1. The lowest BCUT2D eigenvalue weighted by molar-refractivity contribution is 0.414. The van der Waals surface area contributed by atoms with Gasteiger partial charge < -0.3 is 15.0 Å². The van der Waals surface area contributed by atoms with Crippen LogP contribution in [-0.4, -0.2) is 53.9 Å². The van der Waals surface area contributed by atoms with Gasteiger partial charge in [-0.1, -0.05) is 12.1 Å². The zero-order valence-electron chi connectivity index (χ0n) is 16.7. The third-order valence-electron chi connectivity index (χ3n) is 4.98. The monoisotopic (exact) mass is 369 g/mol. The van der Waals surface area contributed by atoms with E-state index in [0.29, 0.717) is 5.92 Å². The van der Waals surface area contributed by atoms with Crippen molar-refractivity contribution < 1.29 is 4.74 Å². The van der Waals surface area contributed by atoms with Crippen molar-refractivity contribution in [2.45, 2.75) is 39.2 Å². The van der Waals surface area contributed by atoms with Gasteiger partial charge in [-0.2, -0.15) is 5.10 Å². The molecule has 27 heavy (non-hydrogen) atoms. The van der Waals surface area contributed by atoms with E-state index in [1.165, 1.54) is 11.1 Å². The van der Waals surface area contributed by atoms with Crippen LogP contribution in [0.15, 0.2) is 41.7 Å². The fourth-order valence-electron chi connectivity index (χ4n) is 3.53. The zero-order valence-corrected chi connectivity index (χ0v) is 16.7. The third-order valence-corrected chi connectivity index (χ3v) is 4.98. The maximum Gasteiger partial charge on any atom is 0.193 e. The van der Waals surface area contributed by atoms with E-state index in [9.17, 15) is 0 Å². The number of rotatable bonds is 7. The zero-order chi connectivity index (χ0) is 19.1. The second-order valence-electron chi connectivity index (χ2n) is 7.07. The summed E-state index contributed by atoms with van der Waals surface area (Å²) in [5, 5.41) is 7.79. The molecule has 1 aromatic heterocycles. The van der Waals surface area contributed by atoms with Gasteiger partial charge in [0.1, 0.15) is 5.75 Å². The van der Waals surface area contributed by atoms with E-state index in [0.717, 1.165) is 57.3 Å². The standard InChI is InChI=1S/C21H31N5O/c1-4-22-21(23-11-5-12-26-15-17(2)14-24-26)25-13-10-19(16-25)18-6-8-20(27-3)9-7-18/h6-9,14-15,19H,4-5,10-13,16H2,1-3H3,(H,22,23). The molecule has 6 nitrogen and oxygen atoms in total. The number of aromatic nitrogens is 2. The summed E-state index contributed by atoms with van der Waals surface area (Å²) in [7, 11) is 1.71. The third kappa shape index (κ3) is 5.25. The van der Waals surface area contributed by atoms with Crippen molar-refractivity contribution in [3.63, 3.8) is 0 Å². The Hall–Kier alpha value is -2.50. The Morgan fingerprint density at radius 1 is 1.33 bits per heavy atom. The molecule has 1 aliphatic heterocycles. The summed E-state index contributed by atoms with van der Waals surface area (Å²) in [5.74, 6) is 2.49. The van der Waals surface area contributed by atoms with Crippen LogP contribution in [0.5, 0.6) is 5.75 Å². The molecule has 1 aromatic carbocycles. The van der Waals surface area contributed by atoms with Crippen molar-refractivity contribution in [3.8, 4) is 5.75 Å². The van der Waals surface area contributed by atoms with Crippen LogP contribution in [0.3, 0.4) is 0 Å². The van der Waals surface area contributed by atoms with Crippen LogP contribution in [0.1, 0.15) is 36.8 Å². The molecule has 0 spiro atoms. The van der Waals surface area contributed by atoms with Crippen LogP contribution in [0.25, 0.3) is 0 Å². The summed E-state index contributed by atoms with van der Waals surface area (Å²) < 4.78 is 7.26. The Kier molecular flexibility index (Phi) is 6.74. The lowest BCUT2D eigenvalue weighted by Crippen LogP contribution is -2.40. The molecule has 2 heterocycles. The van der Waals surface area contributed by atoms with Crippen LogP contribution < -0.4 is 10.1 Å². The Morgan fingerprint density at radius 3 is 2.81 bits per heavy atom. The highest BCUT2D eigenvalue weighted by Crippen LogP contribution is 2.28. The molecular formula is C21H31N5O. The number of hydrogen-bond acceptors (Lipinski definition) is 3. The molecule has 0 radical (unpaired) electrons. The van der Waals surface area contributed by atoms with Gasteiger partial charge in [0.25, 0.3) is 0 Å². The molecule has 1 unspecified atom stereocenters. The van der Waals surface area contributed by atoms with Gasteiger partial charge in [0.05, 0.1) is 13.3 Å². The average Bonchev–Trinajstić information content (AvgIpc) is 3.34. The van der Waals surface area contributed by atoms with Crippen LogP contribution in [-0.2, 0) is 6.54 Å². The van der Waals surface area contributed by atoms with Gasteiger partial charge in [0.15, 0.2) is 5.96 Å². The van der Waals surface area contributed by atoms with Crippen molar-refractivity contribution in [3.05, 3.63) is 47.8 Å². The quantitative estimate of drug-likeness (QED) is 0.463. The van der Waals surface area contributed by atoms with Crippen molar-refractivity contribution >= 4 is 5.96 Å². The molecule has 0 aliphatic carbocycles. The van der Waals surface area contributed by atoms with E-state index in [-0.39, 0.29) is 0 Å². The first-order valence-corrected chi connectivity index (χ1v) is 9.86. The highest BCUT2D eigenvalue weighted by molar-refractivity contribution is 5.80. The smallest absolute Gasteiger partial charge is 0.193 e. The normalized spacial score (nSPS) is 17.4. The van der Waals surface area contributed by atoms with Crippen LogP contribution in [0.4, 0.5) is 0 Å². The number of nitrogens with zero attached hydrogens (tertiary/aromatic N) is 4. The minimum atomic E-state index is 0.548. The van der Waals surface area contributed by atoms with Crippen LogP contribution >= 0.6 is 0 Å². The SMILES string of the molecule is CCNC(=NCCCn1cc(C)cn1)N1CCC(c2ccc(OC)cc2)C1. The van der Waals surface area contributed by atoms with Crippen LogP contribution in [0, 0.1) is 6.92 Å². The van der Waals surface area contributed by atoms with Gasteiger partial charge in [-0.15, -0.1) is 0 Å². The first kappa shape index (κ1) is 19.3. The van der Waals surface area contributed by atoms with Crippen molar-refractivity contribution in [1.82, 2.24) is 20.0 Å². The Morgan fingerprint density at radius 2 is 2.15 bits per heavy atom. The minimum absolute atomic E-state index is 0.548. The first-order chi connectivity index (χ1) is 13.2. The maximum atomic E-state index is 5.27. The van der Waals surface area contributed by atoms with Crippen LogP contribution in [0.2, 0.25) is 0 Å². The predicted octanol–water partition coefficient (Wildman–Crippen LogP) is 3.05. The molecule has 1 aliphatic rings. The number of likely N-dealkylation sites (tertiary alicyclic amines) is 1. The number of methoxy groups -OCH3 is 1. The topological polar surface area (TPSA) is 54.7 Å². The van der Waals surface area contributed by atoms with E-state index >= 15 is 0 Å². The second kappa shape index (κ2) is 9.44. The van der Waals surface area contributed by atoms with Gasteiger partial charge in [-0.25, -0.2) is 0 Å². The lowest BCUT2D eigenvalue weighted by Gasteiger charge is -2.22. The fourth-order valence-corrected chi connectivity index (χ4v) is 3.53. The molecular weight excluding hydrogens is 338 g/mol. The number of benzene rings is 1. The average molecular weight is 370 g/mol. The molecule has 1 N–H and O–H groups in total. The van der Waals surface area contributed by atoms with Crippen molar-refractivity contribution in [2.24, 2.45) is 4.99 Å². The lowest BCUT2D eigenvalue weighted by atomic mass is 9.98. The molecule has 1 saturated heterocycles. The summed E-state index contributed by atoms with van der Waals surface area (Å²) in [6.45, 7) is 8.85. The molecule has 1 fully saturated rings. The molecule has 2 aromatic rings. The summed E-state index contributed by atoms with van der Waals surface area (Å²) in [4.78, 5) is 7.23. The molecule has 146 valence electrons. The first-order valence-electron chi connectivity index (χ1n) is 9.86. The number of aliphatic imine (C=N–C) groups is 1. The molecule has 0 saturated carbocycles. The summed E-state index contributed by atoms with van der Waals surface area (Å²) in [6.07, 6.45) is 6.13. The van der Waals surface area contributed by atoms with E-state index in [2.05, 4.69) is 47.5 Å². The highest BCUT2D eigenvalue weighted by Gasteiger charge is 2.26. The molecule has 1 atom stereocenters. The number of nitrogens with one attached hydrogen (secondary N) is 1. The molecule has 0 amide bonds. The summed E-state index contributed by atoms with van der Waals surface area (Å²) >= 11 is 0. The maximum absolute atomic E-state index is 5.27. The highest BCUT2D eigenvalue weighted by atomic mass is 16.5. The fraction of sp³-hybridized carbons (Fsp3) is 0.524. The Balaban J connectivity index is 1.54. The Labute approximate surface area is 162 Å². The van der Waals surface area contributed by atoms with Gasteiger partial charge in [-0.05, 0) is 49.9 Å². The number of aryl methyl sites for hydroxylation is 2. The van der Waals surface area contributed by atoms with Gasteiger partial charge in [0.2, 0.25) is 0 Å². The summed E-state index contributed by atoms with van der Waals surface area (Å²) in [6, 6.07) is 8.47. The van der Waals surface area contributed by atoms with Gasteiger partial charge in [-0.3, -0.25) is 9.67 Å². The van der Waals surface area contributed by atoms with E-state index in [1.54, 1.807) is 7.11 Å². The van der Waals surface area contributed by atoms with E-state index < -0.39 is 0 Å². The Bertz CT molecular complexity index is 737. The van der Waals surface area contributed by atoms with E-state index in [4.69, 9.17) is 9.73 Å². The molecule has 6 heteroatoms. The minimum Gasteiger partial charge on any atom is -0.497 e. The number of ether oxygens (including phenoxy) is 1. The predicted molar refractivity (Wildman–Crippen MR) is 109 cm³/mol. The number of guanidine groups is 1.